The average Bonchev–Trinajstić information content (AvgIpc) is 3.73. The van der Waals surface area contributed by atoms with Crippen LogP contribution in [0.25, 0.3) is 22.6 Å². The van der Waals surface area contributed by atoms with Gasteiger partial charge in [0.05, 0.1) is 32.9 Å². The van der Waals surface area contributed by atoms with Crippen molar-refractivity contribution in [3.8, 4) is 17.3 Å². The summed E-state index contributed by atoms with van der Waals surface area (Å²) in [7, 11) is -3.91. The Kier molecular flexibility index (Phi) is 6.47. The maximum atomic E-state index is 13.2. The fourth-order valence-corrected chi connectivity index (χ4v) is 5.59. The Morgan fingerprint density at radius 2 is 1.68 bits per heavy atom. The number of para-hydroxylation sites is 2. The lowest BCUT2D eigenvalue weighted by atomic mass is 10.1. The maximum Gasteiger partial charge on any atom is 0.573 e. The molecule has 4 aromatic rings. The zero-order valence-electron chi connectivity index (χ0n) is 19.8. The zero-order chi connectivity index (χ0) is 27.1. The van der Waals surface area contributed by atoms with Crippen LogP contribution in [0.3, 0.4) is 0 Å². The van der Waals surface area contributed by atoms with Crippen molar-refractivity contribution in [2.24, 2.45) is 0 Å². The van der Waals surface area contributed by atoms with Crippen LogP contribution in [0.2, 0.25) is 0 Å². The third-order valence-electron chi connectivity index (χ3n) is 5.80. The Morgan fingerprint density at radius 1 is 1.03 bits per heavy atom. The Bertz CT molecular complexity index is 1630. The summed E-state index contributed by atoms with van der Waals surface area (Å²) in [6.45, 7) is 1.61. The second kappa shape index (κ2) is 9.63. The van der Waals surface area contributed by atoms with E-state index in [1.165, 1.54) is 12.4 Å². The van der Waals surface area contributed by atoms with Crippen LogP contribution in [0, 0.1) is 0 Å². The van der Waals surface area contributed by atoms with E-state index in [1.807, 2.05) is 0 Å². The molecule has 1 amide bonds. The highest BCUT2D eigenvalue weighted by molar-refractivity contribution is 7.92. The highest BCUT2D eigenvalue weighted by Gasteiger charge is 2.38. The molecule has 0 spiro atoms. The minimum atomic E-state index is -5.08. The lowest BCUT2D eigenvalue weighted by Gasteiger charge is -2.18. The molecule has 9 nitrogen and oxygen atoms in total. The molecule has 0 radical (unpaired) electrons. The number of aromatic nitrogens is 4. The van der Waals surface area contributed by atoms with E-state index in [1.54, 1.807) is 37.3 Å². The summed E-state index contributed by atoms with van der Waals surface area (Å²) < 4.78 is 68.3. The van der Waals surface area contributed by atoms with Crippen molar-refractivity contribution < 1.29 is 31.1 Å². The fraction of sp³-hybridized carbons (Fsp3) is 0.240. The molecule has 1 aliphatic carbocycles. The monoisotopic (exact) mass is 543 g/mol. The van der Waals surface area contributed by atoms with E-state index < -0.39 is 44.0 Å². The topological polar surface area (TPSA) is 124 Å². The highest BCUT2D eigenvalue weighted by Crippen LogP contribution is 2.36. The van der Waals surface area contributed by atoms with Gasteiger partial charge in [-0.2, -0.15) is 0 Å². The number of benzene rings is 2. The van der Waals surface area contributed by atoms with E-state index in [0.29, 0.717) is 35.3 Å². The molecule has 1 N–H and O–H groups in total. The molecule has 1 unspecified atom stereocenters. The van der Waals surface area contributed by atoms with Crippen molar-refractivity contribution in [3.05, 3.63) is 72.2 Å². The lowest BCUT2D eigenvalue weighted by Crippen LogP contribution is -2.28. The van der Waals surface area contributed by atoms with Gasteiger partial charge >= 0.3 is 6.36 Å². The van der Waals surface area contributed by atoms with E-state index in [9.17, 15) is 26.4 Å². The van der Waals surface area contributed by atoms with E-state index >= 15 is 0 Å². The molecule has 1 fully saturated rings. The number of nitrogens with zero attached hydrogens (tertiary/aromatic N) is 4. The van der Waals surface area contributed by atoms with Gasteiger partial charge in [0.25, 0.3) is 5.91 Å². The molecule has 0 bridgehead atoms. The largest absolute Gasteiger partial charge is 0.573 e. The van der Waals surface area contributed by atoms with Gasteiger partial charge in [-0.1, -0.05) is 12.1 Å². The molecule has 0 aliphatic heterocycles. The zero-order valence-corrected chi connectivity index (χ0v) is 20.6. The molecule has 2 heterocycles. The van der Waals surface area contributed by atoms with Gasteiger partial charge in [0.1, 0.15) is 11.4 Å². The quantitative estimate of drug-likeness (QED) is 0.364. The first-order valence-electron chi connectivity index (χ1n) is 11.5. The lowest BCUT2D eigenvalue weighted by molar-refractivity contribution is -0.274. The number of hydrogen-bond acceptors (Lipinski definition) is 8. The van der Waals surface area contributed by atoms with Crippen molar-refractivity contribution in [1.29, 1.82) is 0 Å². The molecule has 196 valence electrons. The summed E-state index contributed by atoms with van der Waals surface area (Å²) >= 11 is 0. The van der Waals surface area contributed by atoms with Crippen LogP contribution < -0.4 is 10.1 Å². The molecule has 2 aromatic carbocycles. The van der Waals surface area contributed by atoms with Crippen LogP contribution in [-0.2, 0) is 9.84 Å². The molecule has 1 aliphatic rings. The number of fused-ring (bicyclic) bond motifs is 1. The Balaban J connectivity index is 1.52. The summed E-state index contributed by atoms with van der Waals surface area (Å²) in [5, 5.41) is 1.98. The van der Waals surface area contributed by atoms with Crippen molar-refractivity contribution >= 4 is 26.8 Å². The van der Waals surface area contributed by atoms with Gasteiger partial charge in [-0.05, 0) is 56.2 Å². The van der Waals surface area contributed by atoms with E-state index in [0.717, 1.165) is 18.2 Å². The first-order chi connectivity index (χ1) is 18.0. The Labute approximate surface area is 215 Å². The SMILES string of the molecule is CC(NC(=O)c1cc(OC(F)(F)F)cc(S(=O)(=O)C2CC2)c1)c1nc2ccccc2nc1-c1ncccn1. The number of nitrogens with one attached hydrogen (secondary N) is 1. The van der Waals surface area contributed by atoms with Gasteiger partial charge in [-0.25, -0.2) is 28.4 Å². The van der Waals surface area contributed by atoms with Gasteiger partial charge in [0.2, 0.25) is 0 Å². The number of amides is 1. The van der Waals surface area contributed by atoms with Crippen LogP contribution in [0.15, 0.2) is 65.8 Å². The number of rotatable bonds is 7. The van der Waals surface area contributed by atoms with Gasteiger partial charge < -0.3 is 10.1 Å². The predicted molar refractivity (Wildman–Crippen MR) is 130 cm³/mol. The molecular formula is C25H20F3N5O4S. The summed E-state index contributed by atoms with van der Waals surface area (Å²) in [5.74, 6) is -1.37. The number of hydrogen-bond donors (Lipinski definition) is 1. The minimum Gasteiger partial charge on any atom is -0.406 e. The van der Waals surface area contributed by atoms with Gasteiger partial charge in [-0.3, -0.25) is 4.79 Å². The number of carbonyl (C=O) groups excluding carboxylic acids is 1. The summed E-state index contributed by atoms with van der Waals surface area (Å²) in [4.78, 5) is 30.5. The van der Waals surface area contributed by atoms with Gasteiger partial charge in [0.15, 0.2) is 15.7 Å². The Morgan fingerprint density at radius 3 is 2.32 bits per heavy atom. The fourth-order valence-electron chi connectivity index (χ4n) is 3.88. The third kappa shape index (κ3) is 5.42. The van der Waals surface area contributed by atoms with Gasteiger partial charge in [-0.15, -0.1) is 13.2 Å². The normalized spacial score (nSPS) is 14.7. The number of halogens is 3. The first kappa shape index (κ1) is 25.5. The number of alkyl halides is 3. The summed E-state index contributed by atoms with van der Waals surface area (Å²) in [6, 6.07) is 10.6. The molecule has 2 aromatic heterocycles. The maximum absolute atomic E-state index is 13.2. The summed E-state index contributed by atoms with van der Waals surface area (Å²) in [6.07, 6.45) is -1.22. The van der Waals surface area contributed by atoms with Crippen LogP contribution in [0.1, 0.15) is 41.9 Å². The molecule has 1 saturated carbocycles. The second-order valence-corrected chi connectivity index (χ2v) is 10.9. The molecule has 38 heavy (non-hydrogen) atoms. The van der Waals surface area contributed by atoms with E-state index in [4.69, 9.17) is 0 Å². The van der Waals surface area contributed by atoms with Crippen LogP contribution in [-0.4, -0.2) is 45.9 Å². The molecule has 5 rings (SSSR count). The van der Waals surface area contributed by atoms with Gasteiger partial charge in [0, 0.05) is 18.0 Å². The van der Waals surface area contributed by atoms with Crippen LogP contribution in [0.5, 0.6) is 5.75 Å². The second-order valence-electron chi connectivity index (χ2n) is 8.70. The summed E-state index contributed by atoms with van der Waals surface area (Å²) in [5.41, 5.74) is 1.43. The van der Waals surface area contributed by atoms with Crippen LogP contribution >= 0.6 is 0 Å². The molecule has 0 saturated heterocycles. The standard InChI is InChI=1S/C25H20F3N5O4S/c1-14(21-22(23-29-9-4-10-30-23)33-20-6-3-2-5-19(20)32-21)31-24(34)15-11-16(37-25(26,27)28)13-18(12-15)38(35,36)17-7-8-17/h2-6,9-14,17H,7-8H2,1H3,(H,31,34). The third-order valence-corrected chi connectivity index (χ3v) is 8.04. The minimum absolute atomic E-state index is 0.264. The van der Waals surface area contributed by atoms with E-state index in [2.05, 4.69) is 30.0 Å². The van der Waals surface area contributed by atoms with Crippen molar-refractivity contribution in [2.45, 2.75) is 42.3 Å². The average molecular weight is 544 g/mol. The molecule has 1 atom stereocenters. The number of carbonyl (C=O) groups is 1. The first-order valence-corrected chi connectivity index (χ1v) is 13.1. The smallest absolute Gasteiger partial charge is 0.406 e. The predicted octanol–water partition coefficient (Wildman–Crippen LogP) is 4.41. The van der Waals surface area contributed by atoms with E-state index in [-0.39, 0.29) is 11.4 Å². The molecular weight excluding hydrogens is 523 g/mol. The molecule has 13 heteroatoms. The highest BCUT2D eigenvalue weighted by atomic mass is 32.2. The van der Waals surface area contributed by atoms with Crippen molar-refractivity contribution in [3.63, 3.8) is 0 Å². The van der Waals surface area contributed by atoms with Crippen molar-refractivity contribution in [1.82, 2.24) is 25.3 Å². The number of sulfone groups is 1. The van der Waals surface area contributed by atoms with Crippen molar-refractivity contribution in [2.75, 3.05) is 0 Å². The number of ether oxygens (including phenoxy) is 1. The Hall–Kier alpha value is -4.13. The van der Waals surface area contributed by atoms with Crippen LogP contribution in [0.4, 0.5) is 13.2 Å².